The molecule has 7 nitrogen and oxygen atoms in total. The molecule has 0 saturated carbocycles. The molecule has 5 rings (SSSR count). The molecular formula is C23H17N3O4S. The van der Waals surface area contributed by atoms with E-state index >= 15 is 0 Å². The number of fused-ring (bicyclic) bond motifs is 4. The van der Waals surface area contributed by atoms with Crippen molar-refractivity contribution in [1.29, 1.82) is 0 Å². The SMILES string of the molecule is Cc1sc2c(c1C)c(=O)nc1n2Cc2ccccc2/C1=C(/O)c1ccc([N+](=O)[O-])cc1. The van der Waals surface area contributed by atoms with Gasteiger partial charge in [0.05, 0.1) is 22.4 Å². The lowest BCUT2D eigenvalue weighted by Gasteiger charge is -2.25. The molecule has 0 saturated heterocycles. The predicted octanol–water partition coefficient (Wildman–Crippen LogP) is 4.82. The van der Waals surface area contributed by atoms with Crippen LogP contribution in [-0.2, 0) is 6.54 Å². The largest absolute Gasteiger partial charge is 0.507 e. The molecule has 0 spiro atoms. The highest BCUT2D eigenvalue weighted by Gasteiger charge is 2.28. The number of non-ortho nitro benzene ring substituents is 1. The van der Waals surface area contributed by atoms with E-state index in [0.717, 1.165) is 26.4 Å². The van der Waals surface area contributed by atoms with Gasteiger partial charge >= 0.3 is 0 Å². The molecule has 0 amide bonds. The van der Waals surface area contributed by atoms with Gasteiger partial charge in [0.25, 0.3) is 11.2 Å². The van der Waals surface area contributed by atoms with E-state index in [4.69, 9.17) is 0 Å². The van der Waals surface area contributed by atoms with Gasteiger partial charge in [-0.15, -0.1) is 11.3 Å². The molecule has 2 aromatic heterocycles. The zero-order valence-electron chi connectivity index (χ0n) is 16.7. The number of thiophene rings is 1. The fraction of sp³-hybridized carbons (Fsp3) is 0.130. The molecule has 4 aromatic rings. The van der Waals surface area contributed by atoms with Gasteiger partial charge in [-0.05, 0) is 42.7 Å². The normalized spacial score (nSPS) is 14.3. The van der Waals surface area contributed by atoms with Crippen LogP contribution in [0.2, 0.25) is 0 Å². The Morgan fingerprint density at radius 1 is 1.16 bits per heavy atom. The zero-order chi connectivity index (χ0) is 21.9. The number of nitro groups is 1. The number of nitro benzene ring substituents is 1. The molecule has 3 heterocycles. The lowest BCUT2D eigenvalue weighted by molar-refractivity contribution is -0.384. The molecule has 0 fully saturated rings. The monoisotopic (exact) mass is 431 g/mol. The second-order valence-electron chi connectivity index (χ2n) is 7.47. The van der Waals surface area contributed by atoms with Gasteiger partial charge in [-0.1, -0.05) is 24.3 Å². The van der Waals surface area contributed by atoms with Crippen LogP contribution in [0.3, 0.4) is 0 Å². The summed E-state index contributed by atoms with van der Waals surface area (Å²) < 4.78 is 1.97. The van der Waals surface area contributed by atoms with Gasteiger partial charge in [-0.3, -0.25) is 14.9 Å². The molecule has 31 heavy (non-hydrogen) atoms. The highest BCUT2D eigenvalue weighted by Crippen LogP contribution is 2.39. The number of aromatic nitrogens is 2. The van der Waals surface area contributed by atoms with Crippen molar-refractivity contribution in [3.63, 3.8) is 0 Å². The Bertz CT molecular complexity index is 1480. The minimum absolute atomic E-state index is 0.0633. The smallest absolute Gasteiger partial charge is 0.282 e. The predicted molar refractivity (Wildman–Crippen MR) is 121 cm³/mol. The summed E-state index contributed by atoms with van der Waals surface area (Å²) in [5, 5.41) is 22.8. The number of aryl methyl sites for hydroxylation is 2. The van der Waals surface area contributed by atoms with Crippen LogP contribution < -0.4 is 5.56 Å². The lowest BCUT2D eigenvalue weighted by atomic mass is 9.92. The Morgan fingerprint density at radius 3 is 2.58 bits per heavy atom. The van der Waals surface area contributed by atoms with Crippen LogP contribution in [-0.4, -0.2) is 19.6 Å². The van der Waals surface area contributed by atoms with E-state index < -0.39 is 4.92 Å². The van der Waals surface area contributed by atoms with Crippen molar-refractivity contribution < 1.29 is 10.0 Å². The van der Waals surface area contributed by atoms with Gasteiger partial charge in [-0.2, -0.15) is 4.98 Å². The third-order valence-electron chi connectivity index (χ3n) is 5.72. The number of rotatable bonds is 2. The Balaban J connectivity index is 1.84. The summed E-state index contributed by atoms with van der Waals surface area (Å²) in [6.45, 7) is 4.44. The summed E-state index contributed by atoms with van der Waals surface area (Å²) in [7, 11) is 0. The van der Waals surface area contributed by atoms with Gasteiger partial charge < -0.3 is 9.67 Å². The minimum atomic E-state index is -0.488. The van der Waals surface area contributed by atoms with Crippen molar-refractivity contribution in [2.75, 3.05) is 0 Å². The molecule has 0 unspecified atom stereocenters. The summed E-state index contributed by atoms with van der Waals surface area (Å²) in [6, 6.07) is 13.4. The Morgan fingerprint density at radius 2 is 1.87 bits per heavy atom. The van der Waals surface area contributed by atoms with Crippen molar-refractivity contribution in [3.05, 3.63) is 102 Å². The molecular weight excluding hydrogens is 414 g/mol. The summed E-state index contributed by atoms with van der Waals surface area (Å²) in [5.74, 6) is 0.320. The number of aliphatic hydroxyl groups excluding tert-OH is 1. The maximum absolute atomic E-state index is 12.9. The average molecular weight is 431 g/mol. The molecule has 0 radical (unpaired) electrons. The van der Waals surface area contributed by atoms with Crippen molar-refractivity contribution in [1.82, 2.24) is 9.55 Å². The first-order chi connectivity index (χ1) is 14.9. The molecule has 0 atom stereocenters. The second-order valence-corrected chi connectivity index (χ2v) is 8.68. The number of nitrogens with zero attached hydrogens (tertiary/aromatic N) is 3. The van der Waals surface area contributed by atoms with Gasteiger partial charge in [0, 0.05) is 22.6 Å². The standard InChI is InChI=1S/C23H17N3O4S/c1-12-13(2)31-23-18(12)22(28)24-21-19(17-6-4-3-5-15(17)11-25(21)23)20(27)14-7-9-16(10-8-14)26(29)30/h3-10,27H,11H2,1-2H3/b20-19-. The van der Waals surface area contributed by atoms with E-state index in [1.807, 2.05) is 42.7 Å². The highest BCUT2D eigenvalue weighted by atomic mass is 32.1. The topological polar surface area (TPSA) is 98.3 Å². The van der Waals surface area contributed by atoms with Gasteiger partial charge in [0.2, 0.25) is 0 Å². The number of hydrogen-bond donors (Lipinski definition) is 1. The van der Waals surface area contributed by atoms with Gasteiger partial charge in [0.1, 0.15) is 16.4 Å². The Hall–Kier alpha value is -3.78. The highest BCUT2D eigenvalue weighted by molar-refractivity contribution is 7.18. The first-order valence-electron chi connectivity index (χ1n) is 9.64. The minimum Gasteiger partial charge on any atom is -0.507 e. The van der Waals surface area contributed by atoms with Crippen molar-refractivity contribution in [2.45, 2.75) is 20.4 Å². The fourth-order valence-electron chi connectivity index (χ4n) is 4.01. The Kier molecular flexibility index (Phi) is 4.26. The fourth-order valence-corrected chi connectivity index (χ4v) is 5.16. The summed E-state index contributed by atoms with van der Waals surface area (Å²) in [5.41, 5.74) is 3.18. The third kappa shape index (κ3) is 2.87. The summed E-state index contributed by atoms with van der Waals surface area (Å²) in [6.07, 6.45) is 0. The first-order valence-corrected chi connectivity index (χ1v) is 10.5. The molecule has 1 aliphatic rings. The molecule has 0 aliphatic carbocycles. The summed E-state index contributed by atoms with van der Waals surface area (Å²) >= 11 is 1.54. The molecule has 0 bridgehead atoms. The van der Waals surface area contributed by atoms with Crippen LogP contribution in [0, 0.1) is 24.0 Å². The van der Waals surface area contributed by atoms with E-state index in [9.17, 15) is 20.0 Å². The molecule has 1 N–H and O–H groups in total. The van der Waals surface area contributed by atoms with E-state index in [1.165, 1.54) is 24.3 Å². The molecule has 1 aliphatic heterocycles. The Labute approximate surface area is 180 Å². The van der Waals surface area contributed by atoms with Crippen LogP contribution in [0.15, 0.2) is 53.3 Å². The van der Waals surface area contributed by atoms with E-state index in [2.05, 4.69) is 4.98 Å². The quantitative estimate of drug-likeness (QED) is 0.245. The van der Waals surface area contributed by atoms with Crippen molar-refractivity contribution >= 4 is 38.6 Å². The number of aliphatic hydroxyl groups is 1. The summed E-state index contributed by atoms with van der Waals surface area (Å²) in [4.78, 5) is 29.7. The maximum atomic E-state index is 12.9. The van der Waals surface area contributed by atoms with Crippen LogP contribution in [0.4, 0.5) is 5.69 Å². The first kappa shape index (κ1) is 19.2. The van der Waals surface area contributed by atoms with E-state index in [0.29, 0.717) is 28.9 Å². The third-order valence-corrected chi connectivity index (χ3v) is 6.95. The van der Waals surface area contributed by atoms with E-state index in [1.54, 1.807) is 11.3 Å². The maximum Gasteiger partial charge on any atom is 0.282 e. The van der Waals surface area contributed by atoms with E-state index in [-0.39, 0.29) is 17.0 Å². The lowest BCUT2D eigenvalue weighted by Crippen LogP contribution is -2.23. The van der Waals surface area contributed by atoms with Crippen LogP contribution in [0.1, 0.15) is 33.0 Å². The van der Waals surface area contributed by atoms with Gasteiger partial charge in [0.15, 0.2) is 0 Å². The van der Waals surface area contributed by atoms with Gasteiger partial charge in [-0.25, -0.2) is 0 Å². The van der Waals surface area contributed by atoms with Crippen LogP contribution >= 0.6 is 11.3 Å². The van der Waals surface area contributed by atoms with Crippen molar-refractivity contribution in [2.24, 2.45) is 0 Å². The molecule has 154 valence electrons. The number of benzene rings is 2. The van der Waals surface area contributed by atoms with Crippen LogP contribution in [0.5, 0.6) is 0 Å². The average Bonchev–Trinajstić information content (AvgIpc) is 3.07. The van der Waals surface area contributed by atoms with Crippen molar-refractivity contribution in [3.8, 4) is 0 Å². The number of hydrogen-bond acceptors (Lipinski definition) is 6. The molecule has 8 heteroatoms. The van der Waals surface area contributed by atoms with Crippen LogP contribution in [0.25, 0.3) is 21.5 Å². The molecule has 2 aromatic carbocycles. The zero-order valence-corrected chi connectivity index (χ0v) is 17.6. The second kappa shape index (κ2) is 6.88.